The Morgan fingerprint density at radius 3 is 2.78 bits per heavy atom. The van der Waals surface area contributed by atoms with Crippen molar-refractivity contribution in [3.05, 3.63) is 65.3 Å². The van der Waals surface area contributed by atoms with Crippen molar-refractivity contribution >= 4 is 34.4 Å². The van der Waals surface area contributed by atoms with E-state index in [1.807, 2.05) is 55.5 Å². The van der Waals surface area contributed by atoms with E-state index in [9.17, 15) is 0 Å². The zero-order valence-corrected chi connectivity index (χ0v) is 13.4. The van der Waals surface area contributed by atoms with Gasteiger partial charge in [-0.2, -0.15) is 5.10 Å². The van der Waals surface area contributed by atoms with Crippen LogP contribution in [-0.2, 0) is 0 Å². The zero-order chi connectivity index (χ0) is 16.1. The number of rotatable bonds is 5. The monoisotopic (exact) mass is 325 g/mol. The third-order valence-electron chi connectivity index (χ3n) is 3.29. The van der Waals surface area contributed by atoms with Crippen LogP contribution in [0.1, 0.15) is 12.5 Å². The lowest BCUT2D eigenvalue weighted by molar-refractivity contribution is 0.340. The van der Waals surface area contributed by atoms with Gasteiger partial charge in [-0.25, -0.2) is 0 Å². The van der Waals surface area contributed by atoms with Gasteiger partial charge in [0.25, 0.3) is 0 Å². The van der Waals surface area contributed by atoms with Crippen LogP contribution in [0.4, 0.5) is 5.69 Å². The number of halogens is 1. The number of nitrogens with one attached hydrogen (secondary N) is 1. The molecule has 5 heteroatoms. The number of hydrogen-bond donors (Lipinski definition) is 1. The molecule has 0 saturated carbocycles. The van der Waals surface area contributed by atoms with Gasteiger partial charge in [-0.3, -0.25) is 10.4 Å². The smallest absolute Gasteiger partial charge is 0.119 e. The van der Waals surface area contributed by atoms with Gasteiger partial charge < -0.3 is 4.74 Å². The van der Waals surface area contributed by atoms with Crippen molar-refractivity contribution in [2.24, 2.45) is 5.10 Å². The molecule has 4 nitrogen and oxygen atoms in total. The largest absolute Gasteiger partial charge is 0.494 e. The van der Waals surface area contributed by atoms with Gasteiger partial charge in [-0.15, -0.1) is 0 Å². The summed E-state index contributed by atoms with van der Waals surface area (Å²) in [7, 11) is 0. The first-order chi connectivity index (χ1) is 11.3. The number of aromatic nitrogens is 1. The Morgan fingerprint density at radius 1 is 1.17 bits per heavy atom. The third-order valence-corrected chi connectivity index (χ3v) is 3.53. The van der Waals surface area contributed by atoms with Crippen molar-refractivity contribution in [1.82, 2.24) is 4.98 Å². The van der Waals surface area contributed by atoms with Crippen LogP contribution in [0.5, 0.6) is 5.75 Å². The molecular weight excluding hydrogens is 310 g/mol. The molecule has 1 N–H and O–H groups in total. The second kappa shape index (κ2) is 7.11. The highest BCUT2D eigenvalue weighted by molar-refractivity contribution is 6.31. The zero-order valence-electron chi connectivity index (χ0n) is 12.7. The summed E-state index contributed by atoms with van der Waals surface area (Å²) in [6, 6.07) is 15.3. The molecule has 1 heterocycles. The molecule has 3 rings (SSSR count). The van der Waals surface area contributed by atoms with Gasteiger partial charge in [0.2, 0.25) is 0 Å². The first-order valence-corrected chi connectivity index (χ1v) is 7.70. The van der Waals surface area contributed by atoms with Crippen LogP contribution >= 0.6 is 11.6 Å². The van der Waals surface area contributed by atoms with E-state index in [4.69, 9.17) is 16.3 Å². The maximum Gasteiger partial charge on any atom is 0.119 e. The molecule has 3 aromatic rings. The minimum absolute atomic E-state index is 0.661. The Bertz CT molecular complexity index is 831. The van der Waals surface area contributed by atoms with E-state index in [2.05, 4.69) is 15.5 Å². The van der Waals surface area contributed by atoms with Crippen LogP contribution in [-0.4, -0.2) is 17.8 Å². The Balaban J connectivity index is 1.75. The molecule has 0 saturated heterocycles. The summed E-state index contributed by atoms with van der Waals surface area (Å²) >= 11 is 5.99. The topological polar surface area (TPSA) is 46.5 Å². The molecule has 0 amide bonds. The van der Waals surface area contributed by atoms with Crippen LogP contribution in [0.2, 0.25) is 5.02 Å². The first kappa shape index (κ1) is 15.3. The van der Waals surface area contributed by atoms with Crippen LogP contribution < -0.4 is 10.2 Å². The summed E-state index contributed by atoms with van der Waals surface area (Å²) < 4.78 is 5.41. The highest BCUT2D eigenvalue weighted by Crippen LogP contribution is 2.24. The molecule has 0 atom stereocenters. The van der Waals surface area contributed by atoms with Gasteiger partial charge in [-0.1, -0.05) is 11.6 Å². The number of pyridine rings is 1. The summed E-state index contributed by atoms with van der Waals surface area (Å²) in [6.45, 7) is 2.62. The van der Waals surface area contributed by atoms with E-state index >= 15 is 0 Å². The lowest BCUT2D eigenvalue weighted by Crippen LogP contribution is -1.94. The fourth-order valence-corrected chi connectivity index (χ4v) is 2.38. The summed E-state index contributed by atoms with van der Waals surface area (Å²) in [5.74, 6) is 0.856. The lowest BCUT2D eigenvalue weighted by Gasteiger charge is -2.05. The van der Waals surface area contributed by atoms with Gasteiger partial charge in [-0.05, 0) is 61.0 Å². The van der Waals surface area contributed by atoms with Crippen molar-refractivity contribution in [2.45, 2.75) is 6.92 Å². The summed E-state index contributed by atoms with van der Waals surface area (Å²) in [5.41, 5.74) is 5.75. The number of hydrazone groups is 1. The number of nitrogens with zero attached hydrogens (tertiary/aromatic N) is 2. The lowest BCUT2D eigenvalue weighted by atomic mass is 10.2. The third kappa shape index (κ3) is 3.79. The molecule has 0 fully saturated rings. The second-order valence-electron chi connectivity index (χ2n) is 4.89. The van der Waals surface area contributed by atoms with Gasteiger partial charge in [0.15, 0.2) is 0 Å². The molecule has 0 bridgehead atoms. The fraction of sp³-hybridized carbons (Fsp3) is 0.111. The highest BCUT2D eigenvalue weighted by atomic mass is 35.5. The van der Waals surface area contributed by atoms with Crippen molar-refractivity contribution in [3.63, 3.8) is 0 Å². The predicted octanol–water partition coefficient (Wildman–Crippen LogP) is 4.73. The normalized spacial score (nSPS) is 11.0. The molecule has 116 valence electrons. The number of ether oxygens (including phenoxy) is 1. The molecular formula is C18H16ClN3O. The Kier molecular flexibility index (Phi) is 4.74. The number of benzene rings is 2. The predicted molar refractivity (Wildman–Crippen MR) is 95.6 cm³/mol. The SMILES string of the molecule is CCOc1ccc(/C=N/Nc2ccnc3cc(Cl)ccc23)cc1. The summed E-state index contributed by atoms with van der Waals surface area (Å²) in [4.78, 5) is 4.31. The standard InChI is InChI=1S/C18H16ClN3O/c1-2-23-15-6-3-13(4-7-15)12-21-22-17-9-10-20-18-11-14(19)5-8-16(17)18/h3-12H,2H2,1H3,(H,20,22)/b21-12+. The van der Waals surface area contributed by atoms with E-state index in [1.165, 1.54) is 0 Å². The van der Waals surface area contributed by atoms with Crippen LogP contribution in [0.3, 0.4) is 0 Å². The Labute approximate surface area is 139 Å². The first-order valence-electron chi connectivity index (χ1n) is 7.32. The Morgan fingerprint density at radius 2 is 2.00 bits per heavy atom. The molecule has 0 aliphatic carbocycles. The molecule has 1 aromatic heterocycles. The van der Waals surface area contributed by atoms with Gasteiger partial charge >= 0.3 is 0 Å². The second-order valence-corrected chi connectivity index (χ2v) is 5.33. The summed E-state index contributed by atoms with van der Waals surface area (Å²) in [6.07, 6.45) is 3.49. The van der Waals surface area contributed by atoms with Crippen molar-refractivity contribution in [3.8, 4) is 5.75 Å². The highest BCUT2D eigenvalue weighted by Gasteiger charge is 2.01. The number of anilines is 1. The molecule has 0 radical (unpaired) electrons. The van der Waals surface area contributed by atoms with Gasteiger partial charge in [0, 0.05) is 16.6 Å². The van der Waals surface area contributed by atoms with E-state index in [1.54, 1.807) is 12.4 Å². The van der Waals surface area contributed by atoms with Crippen molar-refractivity contribution in [1.29, 1.82) is 0 Å². The van der Waals surface area contributed by atoms with Crippen molar-refractivity contribution in [2.75, 3.05) is 12.0 Å². The van der Waals surface area contributed by atoms with Crippen LogP contribution in [0.15, 0.2) is 59.8 Å². The maximum atomic E-state index is 5.99. The van der Waals surface area contributed by atoms with E-state index in [0.29, 0.717) is 11.6 Å². The molecule has 23 heavy (non-hydrogen) atoms. The Hall–Kier alpha value is -2.59. The molecule has 0 spiro atoms. The van der Waals surface area contributed by atoms with E-state index in [0.717, 1.165) is 27.9 Å². The molecule has 0 aliphatic rings. The van der Waals surface area contributed by atoms with E-state index < -0.39 is 0 Å². The van der Waals surface area contributed by atoms with Gasteiger partial charge in [0.1, 0.15) is 5.75 Å². The summed E-state index contributed by atoms with van der Waals surface area (Å²) in [5, 5.41) is 5.92. The number of fused-ring (bicyclic) bond motifs is 1. The maximum absolute atomic E-state index is 5.99. The fourth-order valence-electron chi connectivity index (χ4n) is 2.21. The van der Waals surface area contributed by atoms with Crippen molar-refractivity contribution < 1.29 is 4.74 Å². The molecule has 2 aromatic carbocycles. The minimum Gasteiger partial charge on any atom is -0.494 e. The van der Waals surface area contributed by atoms with Crippen LogP contribution in [0.25, 0.3) is 10.9 Å². The molecule has 0 aliphatic heterocycles. The van der Waals surface area contributed by atoms with E-state index in [-0.39, 0.29) is 0 Å². The average molecular weight is 326 g/mol. The quantitative estimate of drug-likeness (QED) is 0.544. The molecule has 0 unspecified atom stereocenters. The van der Waals surface area contributed by atoms with Gasteiger partial charge in [0.05, 0.1) is 24.0 Å². The minimum atomic E-state index is 0.661. The average Bonchev–Trinajstić information content (AvgIpc) is 2.56. The van der Waals surface area contributed by atoms with Crippen LogP contribution in [0, 0.1) is 0 Å². The number of hydrogen-bond acceptors (Lipinski definition) is 4.